The number of aliphatic hydroxyl groups is 1. The Kier molecular flexibility index (Phi) is 7.01. The molecule has 1 aromatic carbocycles. The minimum absolute atomic E-state index is 0.0758. The molecule has 0 bridgehead atoms. The van der Waals surface area contributed by atoms with Gasteiger partial charge in [0, 0.05) is 26.1 Å². The zero-order valence-electron chi connectivity index (χ0n) is 15.3. The Bertz CT molecular complexity index is 725. The maximum absolute atomic E-state index is 12.4. The van der Waals surface area contributed by atoms with Crippen LogP contribution in [0.15, 0.2) is 47.8 Å². The number of nitrogens with one attached hydrogen (secondary N) is 1. The van der Waals surface area contributed by atoms with Crippen molar-refractivity contribution < 1.29 is 14.7 Å². The molecule has 3 rings (SSSR count). The Morgan fingerprint density at radius 1 is 1.15 bits per heavy atom. The maximum atomic E-state index is 12.4. The molecule has 2 aromatic rings. The predicted octanol–water partition coefficient (Wildman–Crippen LogP) is 3.23. The van der Waals surface area contributed by atoms with Crippen LogP contribution in [-0.4, -0.2) is 41.5 Å². The van der Waals surface area contributed by atoms with Crippen molar-refractivity contribution >= 4 is 23.2 Å². The number of nitrogens with zero attached hydrogens (tertiary/aromatic N) is 1. The molecule has 1 aromatic heterocycles. The summed E-state index contributed by atoms with van der Waals surface area (Å²) in [5.74, 6) is 0.253. The summed E-state index contributed by atoms with van der Waals surface area (Å²) in [5, 5.41) is 15.3. The molecule has 144 valence electrons. The summed E-state index contributed by atoms with van der Waals surface area (Å²) in [6.07, 6.45) is 2.25. The summed E-state index contributed by atoms with van der Waals surface area (Å²) in [7, 11) is 0. The minimum Gasteiger partial charge on any atom is -0.388 e. The highest BCUT2D eigenvalue weighted by Crippen LogP contribution is 2.30. The third kappa shape index (κ3) is 5.40. The average Bonchev–Trinajstić information content (AvgIpc) is 3.26. The second-order valence-corrected chi connectivity index (χ2v) is 7.86. The lowest BCUT2D eigenvalue weighted by atomic mass is 9.87. The van der Waals surface area contributed by atoms with Gasteiger partial charge in [-0.05, 0) is 42.2 Å². The van der Waals surface area contributed by atoms with E-state index >= 15 is 0 Å². The molecule has 1 fully saturated rings. The first-order valence-electron chi connectivity index (χ1n) is 9.47. The summed E-state index contributed by atoms with van der Waals surface area (Å²) >= 11 is 1.41. The summed E-state index contributed by atoms with van der Waals surface area (Å²) in [6, 6.07) is 13.4. The molecule has 27 heavy (non-hydrogen) atoms. The van der Waals surface area contributed by atoms with E-state index in [0.717, 1.165) is 18.4 Å². The van der Waals surface area contributed by atoms with Crippen LogP contribution < -0.4 is 5.32 Å². The molecule has 1 saturated heterocycles. The highest BCUT2D eigenvalue weighted by molar-refractivity contribution is 7.12. The number of hydrogen-bond acceptors (Lipinski definition) is 4. The predicted molar refractivity (Wildman–Crippen MR) is 107 cm³/mol. The van der Waals surface area contributed by atoms with Crippen LogP contribution >= 0.6 is 11.3 Å². The first-order valence-corrected chi connectivity index (χ1v) is 10.4. The van der Waals surface area contributed by atoms with Crippen molar-refractivity contribution in [1.82, 2.24) is 10.2 Å². The molecule has 2 N–H and O–H groups in total. The van der Waals surface area contributed by atoms with Gasteiger partial charge >= 0.3 is 0 Å². The van der Waals surface area contributed by atoms with Crippen LogP contribution in [-0.2, 0) is 4.79 Å². The Morgan fingerprint density at radius 3 is 2.56 bits per heavy atom. The molecular weight excluding hydrogens is 360 g/mol. The van der Waals surface area contributed by atoms with Crippen LogP contribution in [0.3, 0.4) is 0 Å². The molecule has 6 heteroatoms. The quantitative estimate of drug-likeness (QED) is 0.718. The summed E-state index contributed by atoms with van der Waals surface area (Å²) in [4.78, 5) is 26.8. The third-order valence-corrected chi connectivity index (χ3v) is 5.95. The SMILES string of the molecule is O=C(NCCCC(=O)N1CCC(C(O)c2ccccc2)CC1)c1cccs1. The molecule has 0 saturated carbocycles. The molecule has 5 nitrogen and oxygen atoms in total. The summed E-state index contributed by atoms with van der Waals surface area (Å²) in [6.45, 7) is 1.88. The molecule has 0 aliphatic carbocycles. The lowest BCUT2D eigenvalue weighted by molar-refractivity contribution is -0.133. The monoisotopic (exact) mass is 386 g/mol. The van der Waals surface area contributed by atoms with Gasteiger partial charge in [0.1, 0.15) is 0 Å². The van der Waals surface area contributed by atoms with E-state index < -0.39 is 6.10 Å². The van der Waals surface area contributed by atoms with E-state index in [0.29, 0.717) is 37.4 Å². The van der Waals surface area contributed by atoms with E-state index in [9.17, 15) is 14.7 Å². The van der Waals surface area contributed by atoms with Gasteiger partial charge in [-0.1, -0.05) is 36.4 Å². The molecule has 2 heterocycles. The van der Waals surface area contributed by atoms with E-state index in [1.807, 2.05) is 46.7 Å². The van der Waals surface area contributed by atoms with E-state index in [2.05, 4.69) is 5.32 Å². The van der Waals surface area contributed by atoms with Crippen LogP contribution in [0.5, 0.6) is 0 Å². The fourth-order valence-corrected chi connectivity index (χ4v) is 4.12. The van der Waals surface area contributed by atoms with E-state index in [1.54, 1.807) is 6.07 Å². The van der Waals surface area contributed by atoms with Crippen molar-refractivity contribution in [2.45, 2.75) is 31.8 Å². The molecule has 1 aliphatic heterocycles. The van der Waals surface area contributed by atoms with Crippen LogP contribution in [0.25, 0.3) is 0 Å². The first-order chi connectivity index (χ1) is 13.1. The lowest BCUT2D eigenvalue weighted by Crippen LogP contribution is -2.40. The Hall–Kier alpha value is -2.18. The van der Waals surface area contributed by atoms with Gasteiger partial charge in [-0.2, -0.15) is 0 Å². The summed E-state index contributed by atoms with van der Waals surface area (Å²) in [5.41, 5.74) is 0.948. The Morgan fingerprint density at radius 2 is 1.89 bits per heavy atom. The highest BCUT2D eigenvalue weighted by atomic mass is 32.1. The number of benzene rings is 1. The van der Waals surface area contributed by atoms with Gasteiger partial charge in [0.25, 0.3) is 5.91 Å². The molecule has 1 atom stereocenters. The lowest BCUT2D eigenvalue weighted by Gasteiger charge is -2.34. The smallest absolute Gasteiger partial charge is 0.261 e. The summed E-state index contributed by atoms with van der Waals surface area (Å²) < 4.78 is 0. The Balaban J connectivity index is 1.35. The van der Waals surface area contributed by atoms with Crippen molar-refractivity contribution in [3.63, 3.8) is 0 Å². The van der Waals surface area contributed by atoms with Crippen LogP contribution in [0.2, 0.25) is 0 Å². The molecule has 0 radical (unpaired) electrons. The second kappa shape index (κ2) is 9.67. The number of amides is 2. The van der Waals surface area contributed by atoms with Crippen molar-refractivity contribution in [2.75, 3.05) is 19.6 Å². The molecular formula is C21H26N2O3S. The number of piperidine rings is 1. The number of hydrogen-bond donors (Lipinski definition) is 2. The zero-order valence-corrected chi connectivity index (χ0v) is 16.2. The van der Waals surface area contributed by atoms with Gasteiger partial charge in [-0.25, -0.2) is 0 Å². The second-order valence-electron chi connectivity index (χ2n) is 6.91. The van der Waals surface area contributed by atoms with Crippen molar-refractivity contribution in [1.29, 1.82) is 0 Å². The fourth-order valence-electron chi connectivity index (χ4n) is 3.48. The Labute approximate surface area is 164 Å². The van der Waals surface area contributed by atoms with Crippen molar-refractivity contribution in [3.05, 3.63) is 58.3 Å². The molecule has 1 unspecified atom stereocenters. The molecule has 0 spiro atoms. The van der Waals surface area contributed by atoms with Crippen molar-refractivity contribution in [3.8, 4) is 0 Å². The number of aliphatic hydroxyl groups excluding tert-OH is 1. The molecule has 2 amide bonds. The number of thiophene rings is 1. The molecule has 1 aliphatic rings. The van der Waals surface area contributed by atoms with Crippen LogP contribution in [0, 0.1) is 5.92 Å². The third-order valence-electron chi connectivity index (χ3n) is 5.08. The number of carbonyl (C=O) groups excluding carboxylic acids is 2. The van der Waals surface area contributed by atoms with E-state index in [1.165, 1.54) is 11.3 Å². The standard InChI is InChI=1S/C21H26N2O3S/c24-19(9-4-12-22-21(26)18-8-5-15-27-18)23-13-10-17(11-14-23)20(25)16-6-2-1-3-7-16/h1-3,5-8,15,17,20,25H,4,9-14H2,(H,22,26). The largest absolute Gasteiger partial charge is 0.388 e. The normalized spacial score (nSPS) is 16.1. The van der Waals surface area contributed by atoms with Crippen LogP contribution in [0.1, 0.15) is 47.0 Å². The van der Waals surface area contributed by atoms with Gasteiger partial charge in [0.05, 0.1) is 11.0 Å². The fraction of sp³-hybridized carbons (Fsp3) is 0.429. The zero-order chi connectivity index (χ0) is 19.1. The van der Waals surface area contributed by atoms with Gasteiger partial charge in [-0.15, -0.1) is 11.3 Å². The van der Waals surface area contributed by atoms with Gasteiger partial charge in [0.2, 0.25) is 5.91 Å². The van der Waals surface area contributed by atoms with Gasteiger partial charge in [-0.3, -0.25) is 9.59 Å². The first kappa shape index (κ1) is 19.6. The number of rotatable bonds is 7. The van der Waals surface area contributed by atoms with Crippen molar-refractivity contribution in [2.24, 2.45) is 5.92 Å². The van der Waals surface area contributed by atoms with E-state index in [-0.39, 0.29) is 17.7 Å². The van der Waals surface area contributed by atoms with Gasteiger partial charge < -0.3 is 15.3 Å². The van der Waals surface area contributed by atoms with E-state index in [4.69, 9.17) is 0 Å². The number of carbonyl (C=O) groups is 2. The van der Waals surface area contributed by atoms with Crippen LogP contribution in [0.4, 0.5) is 0 Å². The highest BCUT2D eigenvalue weighted by Gasteiger charge is 2.27. The van der Waals surface area contributed by atoms with Gasteiger partial charge in [0.15, 0.2) is 0 Å². The maximum Gasteiger partial charge on any atom is 0.261 e. The topological polar surface area (TPSA) is 69.6 Å². The average molecular weight is 387 g/mol. The minimum atomic E-state index is -0.462. The number of likely N-dealkylation sites (tertiary alicyclic amines) is 1.